The Labute approximate surface area is 305 Å². The SMILES string of the molecule is Cc1cc(O)c(C2CCCCC2)cc1C(c1cc(C2CCCCC2)c(O)cc1C)c1ccccc1OS(=O)(=O)c1cccc2c(O)c([N+]#N)ccc12. The summed E-state index contributed by atoms with van der Waals surface area (Å²) in [6, 6.07) is 22.3. The van der Waals surface area contributed by atoms with E-state index in [0.717, 1.165) is 84.7 Å². The molecule has 268 valence electrons. The van der Waals surface area contributed by atoms with E-state index in [1.165, 1.54) is 37.1 Å². The van der Waals surface area contributed by atoms with Crippen LogP contribution in [0.2, 0.25) is 0 Å². The van der Waals surface area contributed by atoms with Gasteiger partial charge in [-0.05, 0) is 115 Å². The molecule has 0 aliphatic heterocycles. The Morgan fingerprint density at radius 1 is 0.673 bits per heavy atom. The van der Waals surface area contributed by atoms with Crippen LogP contribution in [0.3, 0.4) is 0 Å². The third-order valence-corrected chi connectivity index (χ3v) is 12.6. The smallest absolute Gasteiger partial charge is 0.426 e. The number of para-hydroxylation sites is 1. The van der Waals surface area contributed by atoms with E-state index in [9.17, 15) is 29.1 Å². The van der Waals surface area contributed by atoms with Gasteiger partial charge in [0.15, 0.2) is 4.98 Å². The summed E-state index contributed by atoms with van der Waals surface area (Å²) in [7, 11) is -4.47. The van der Waals surface area contributed by atoms with E-state index >= 15 is 0 Å². The Kier molecular flexibility index (Phi) is 9.86. The van der Waals surface area contributed by atoms with E-state index in [2.05, 4.69) is 17.1 Å². The van der Waals surface area contributed by atoms with Crippen molar-refractivity contribution in [2.45, 2.75) is 101 Å². The van der Waals surface area contributed by atoms with Gasteiger partial charge in [-0.1, -0.05) is 81.0 Å². The molecule has 2 fully saturated rings. The molecule has 2 saturated carbocycles. The third-order valence-electron chi connectivity index (χ3n) is 11.3. The van der Waals surface area contributed by atoms with Gasteiger partial charge in [0, 0.05) is 28.3 Å². The third kappa shape index (κ3) is 6.68. The van der Waals surface area contributed by atoms with Crippen molar-refractivity contribution in [1.29, 1.82) is 5.39 Å². The van der Waals surface area contributed by atoms with Crippen LogP contribution in [-0.4, -0.2) is 23.7 Å². The molecule has 52 heavy (non-hydrogen) atoms. The molecule has 7 rings (SSSR count). The van der Waals surface area contributed by atoms with E-state index in [0.29, 0.717) is 5.56 Å². The number of nitrogens with zero attached hydrogens (tertiary/aromatic N) is 2. The number of fused-ring (bicyclic) bond motifs is 1. The average Bonchev–Trinajstić information content (AvgIpc) is 3.14. The van der Waals surface area contributed by atoms with Crippen molar-refractivity contribution in [2.75, 3.05) is 0 Å². The number of phenols is 3. The molecule has 9 heteroatoms. The van der Waals surface area contributed by atoms with Crippen molar-refractivity contribution in [3.63, 3.8) is 0 Å². The maximum Gasteiger partial charge on any atom is 0.426 e. The van der Waals surface area contributed by atoms with Gasteiger partial charge in [-0.15, -0.1) is 0 Å². The zero-order chi connectivity index (χ0) is 36.6. The molecule has 0 heterocycles. The second-order valence-corrected chi connectivity index (χ2v) is 16.1. The molecule has 0 bridgehead atoms. The Morgan fingerprint density at radius 3 is 1.79 bits per heavy atom. The zero-order valence-corrected chi connectivity index (χ0v) is 30.5. The second-order valence-electron chi connectivity index (χ2n) is 14.6. The Hall–Kier alpha value is -5.07. The van der Waals surface area contributed by atoms with Crippen LogP contribution in [-0.2, 0) is 10.1 Å². The highest BCUT2D eigenvalue weighted by molar-refractivity contribution is 7.87. The second kappa shape index (κ2) is 14.5. The lowest BCUT2D eigenvalue weighted by Crippen LogP contribution is -2.15. The largest absolute Gasteiger partial charge is 0.508 e. The highest BCUT2D eigenvalue weighted by Gasteiger charge is 2.32. The normalized spacial score (nSPS) is 15.9. The fraction of sp³-hybridized carbons (Fsp3) is 0.349. The van der Waals surface area contributed by atoms with Gasteiger partial charge < -0.3 is 19.5 Å². The van der Waals surface area contributed by atoms with E-state index in [1.807, 2.05) is 38.1 Å². The predicted molar refractivity (Wildman–Crippen MR) is 203 cm³/mol. The lowest BCUT2D eigenvalue weighted by molar-refractivity contribution is 0.413. The molecular formula is C43H45N2O6S+. The van der Waals surface area contributed by atoms with E-state index < -0.39 is 16.0 Å². The molecule has 3 N–H and O–H groups in total. The number of aryl methyl sites for hydroxylation is 2. The highest BCUT2D eigenvalue weighted by atomic mass is 32.2. The van der Waals surface area contributed by atoms with Crippen LogP contribution in [0.25, 0.3) is 15.7 Å². The number of hydrogen-bond acceptors (Lipinski definition) is 7. The van der Waals surface area contributed by atoms with Crippen LogP contribution >= 0.6 is 0 Å². The van der Waals surface area contributed by atoms with Crippen molar-refractivity contribution in [3.05, 3.63) is 123 Å². The fourth-order valence-electron chi connectivity index (χ4n) is 8.62. The van der Waals surface area contributed by atoms with Gasteiger partial charge in [-0.2, -0.15) is 8.42 Å². The van der Waals surface area contributed by atoms with Gasteiger partial charge in [0.05, 0.1) is 0 Å². The van der Waals surface area contributed by atoms with E-state index in [4.69, 9.17) is 4.18 Å². The Balaban J connectivity index is 1.41. The number of phenolic OH excluding ortho intramolecular Hbond substituents is 3. The fourth-order valence-corrected chi connectivity index (χ4v) is 9.79. The molecule has 8 nitrogen and oxygen atoms in total. The van der Waals surface area contributed by atoms with Crippen LogP contribution in [0, 0.1) is 19.2 Å². The molecule has 0 atom stereocenters. The van der Waals surface area contributed by atoms with Crippen LogP contribution < -0.4 is 4.18 Å². The number of diazo groups is 1. The van der Waals surface area contributed by atoms with Crippen LogP contribution in [0.4, 0.5) is 5.69 Å². The molecule has 0 saturated heterocycles. The van der Waals surface area contributed by atoms with Crippen LogP contribution in [0.15, 0.2) is 83.8 Å². The minimum absolute atomic E-state index is 0.0788. The summed E-state index contributed by atoms with van der Waals surface area (Å²) in [6.07, 6.45) is 10.8. The first-order valence-corrected chi connectivity index (χ1v) is 19.8. The summed E-state index contributed by atoms with van der Waals surface area (Å²) in [5, 5.41) is 43.0. The molecule has 0 spiro atoms. The van der Waals surface area contributed by atoms with Crippen molar-refractivity contribution in [1.82, 2.24) is 0 Å². The summed E-state index contributed by atoms with van der Waals surface area (Å²) in [6.45, 7) is 3.94. The van der Waals surface area contributed by atoms with Gasteiger partial charge >= 0.3 is 15.8 Å². The van der Waals surface area contributed by atoms with Gasteiger partial charge in [0.2, 0.25) is 11.1 Å². The number of rotatable bonds is 8. The monoisotopic (exact) mass is 717 g/mol. The van der Waals surface area contributed by atoms with Crippen molar-refractivity contribution < 1.29 is 27.9 Å². The molecule has 0 radical (unpaired) electrons. The minimum atomic E-state index is -4.47. The highest BCUT2D eigenvalue weighted by Crippen LogP contribution is 2.48. The quantitative estimate of drug-likeness (QED) is 0.0826. The molecule has 0 aromatic heterocycles. The van der Waals surface area contributed by atoms with Gasteiger partial charge in [-0.3, -0.25) is 0 Å². The van der Waals surface area contributed by atoms with Crippen molar-refractivity contribution in [3.8, 4) is 23.0 Å². The number of benzene rings is 5. The van der Waals surface area contributed by atoms with E-state index in [-0.39, 0.29) is 56.2 Å². The average molecular weight is 718 g/mol. The lowest BCUT2D eigenvalue weighted by Gasteiger charge is -2.30. The van der Waals surface area contributed by atoms with Gasteiger partial charge in [0.1, 0.15) is 22.1 Å². The molecule has 5 aromatic rings. The molecule has 0 unspecified atom stereocenters. The Bertz CT molecular complexity index is 2230. The van der Waals surface area contributed by atoms with Crippen molar-refractivity contribution in [2.24, 2.45) is 0 Å². The maximum absolute atomic E-state index is 14.2. The first-order valence-electron chi connectivity index (χ1n) is 18.4. The van der Waals surface area contributed by atoms with Gasteiger partial charge in [-0.25, -0.2) is 0 Å². The summed E-state index contributed by atoms with van der Waals surface area (Å²) in [5.41, 5.74) is 5.96. The standard InChI is InChI=1S/C43H44N2O6S/c1-26-22-38(46)35(28-12-5-3-6-13-28)24-33(26)42(34-25-36(39(47)23-27(34)2)29-14-7-4-8-15-29)32-16-9-10-18-40(32)51-52(49,50)41-19-11-17-31-30(41)20-21-37(45-44)43(31)48/h9-11,16-25,28-29,42H,3-8,12-15H2,1-2H3,(H2-,46,47,48)/p+1. The molecule has 5 aromatic carbocycles. The van der Waals surface area contributed by atoms with Crippen LogP contribution in [0.5, 0.6) is 23.0 Å². The summed E-state index contributed by atoms with van der Waals surface area (Å²) in [4.78, 5) is 2.96. The van der Waals surface area contributed by atoms with E-state index in [1.54, 1.807) is 18.2 Å². The summed E-state index contributed by atoms with van der Waals surface area (Å²) in [5.74, 6) is 0.311. The summed E-state index contributed by atoms with van der Waals surface area (Å²) >= 11 is 0. The molecular weight excluding hydrogens is 673 g/mol. The summed E-state index contributed by atoms with van der Waals surface area (Å²) < 4.78 is 34.5. The Morgan fingerprint density at radius 2 is 1.23 bits per heavy atom. The number of hydrogen-bond donors (Lipinski definition) is 3. The molecule has 2 aliphatic rings. The molecule has 2 aliphatic carbocycles. The topological polar surface area (TPSA) is 132 Å². The van der Waals surface area contributed by atoms with Gasteiger partial charge in [0.25, 0.3) is 0 Å². The first kappa shape index (κ1) is 35.3. The van der Waals surface area contributed by atoms with Crippen molar-refractivity contribution >= 4 is 26.6 Å². The first-order chi connectivity index (χ1) is 25.1. The minimum Gasteiger partial charge on any atom is -0.508 e. The molecule has 0 amide bonds. The maximum atomic E-state index is 14.2. The zero-order valence-electron chi connectivity index (χ0n) is 29.7. The lowest BCUT2D eigenvalue weighted by atomic mass is 9.75. The number of aromatic hydroxyl groups is 3. The van der Waals surface area contributed by atoms with Crippen LogP contribution in [0.1, 0.15) is 121 Å². The predicted octanol–water partition coefficient (Wildman–Crippen LogP) is 11.1.